The van der Waals surface area contributed by atoms with Crippen LogP contribution in [-0.4, -0.2) is 24.5 Å². The van der Waals surface area contributed by atoms with E-state index in [9.17, 15) is 0 Å². The Bertz CT molecular complexity index is 1330. The maximum Gasteiger partial charge on any atom is 0.165 e. The van der Waals surface area contributed by atoms with Crippen LogP contribution in [0.15, 0.2) is 67.4 Å². The lowest BCUT2D eigenvalue weighted by atomic mass is 9.97. The Morgan fingerprint density at radius 3 is 2.71 bits per heavy atom. The molecule has 0 saturated heterocycles. The molecule has 0 spiro atoms. The third-order valence-corrected chi connectivity index (χ3v) is 5.09. The molecule has 0 aliphatic rings. The molecule has 28 heavy (non-hydrogen) atoms. The largest absolute Gasteiger partial charge is 0.382 e. The van der Waals surface area contributed by atoms with E-state index < -0.39 is 0 Å². The highest BCUT2D eigenvalue weighted by atomic mass is 35.5. The molecular weight excluding hydrogens is 372 g/mol. The number of aromatic nitrogens is 5. The number of hydrogen-bond acceptors (Lipinski definition) is 5. The maximum atomic E-state index is 6.51. The Morgan fingerprint density at radius 1 is 0.929 bits per heavy atom. The van der Waals surface area contributed by atoms with E-state index in [0.29, 0.717) is 28.5 Å². The highest BCUT2D eigenvalue weighted by Crippen LogP contribution is 2.33. The highest BCUT2D eigenvalue weighted by Gasteiger charge is 2.14. The Morgan fingerprint density at radius 2 is 1.82 bits per heavy atom. The number of nitrogens with two attached hydrogens (primary N) is 1. The minimum atomic E-state index is 0.371. The van der Waals surface area contributed by atoms with Crippen LogP contribution < -0.4 is 5.73 Å². The molecule has 5 aromatic rings. The van der Waals surface area contributed by atoms with Crippen molar-refractivity contribution in [2.75, 3.05) is 5.73 Å². The Labute approximate surface area is 165 Å². The molecule has 0 fully saturated rings. The smallest absolute Gasteiger partial charge is 0.165 e. The minimum absolute atomic E-state index is 0.371. The second kappa shape index (κ2) is 6.58. The lowest BCUT2D eigenvalue weighted by molar-refractivity contribution is 0.815. The average molecular weight is 387 g/mol. The fourth-order valence-corrected chi connectivity index (χ4v) is 3.66. The van der Waals surface area contributed by atoms with E-state index >= 15 is 0 Å². The first kappa shape index (κ1) is 16.6. The summed E-state index contributed by atoms with van der Waals surface area (Å²) in [4.78, 5) is 17.2. The topological polar surface area (TPSA) is 82.5 Å². The predicted molar refractivity (Wildman–Crippen MR) is 111 cm³/mol. The fourth-order valence-electron chi connectivity index (χ4n) is 3.42. The van der Waals surface area contributed by atoms with Crippen molar-refractivity contribution in [2.24, 2.45) is 0 Å². The van der Waals surface area contributed by atoms with E-state index in [1.165, 1.54) is 6.33 Å². The number of hydrogen-bond donors (Lipinski definition) is 1. The van der Waals surface area contributed by atoms with Crippen molar-refractivity contribution in [3.63, 3.8) is 0 Å². The summed E-state index contributed by atoms with van der Waals surface area (Å²) in [7, 11) is 0. The summed E-state index contributed by atoms with van der Waals surface area (Å²) in [5.41, 5.74) is 11.2. The molecule has 3 aromatic heterocycles. The van der Waals surface area contributed by atoms with Gasteiger partial charge in [0.25, 0.3) is 0 Å². The van der Waals surface area contributed by atoms with Gasteiger partial charge in [-0.2, -0.15) is 0 Å². The Balaban J connectivity index is 1.72. The minimum Gasteiger partial charge on any atom is -0.382 e. The van der Waals surface area contributed by atoms with Crippen molar-refractivity contribution < 1.29 is 0 Å². The van der Waals surface area contributed by atoms with Crippen LogP contribution in [0.25, 0.3) is 33.2 Å². The van der Waals surface area contributed by atoms with Crippen LogP contribution in [0.2, 0.25) is 5.02 Å². The molecule has 6 nitrogen and oxygen atoms in total. The molecule has 136 valence electrons. The molecular formula is C21H15ClN6. The maximum absolute atomic E-state index is 6.51. The van der Waals surface area contributed by atoms with E-state index in [-0.39, 0.29) is 0 Å². The summed E-state index contributed by atoms with van der Waals surface area (Å²) in [6.45, 7) is 0.556. The number of nitrogen functional groups attached to an aromatic ring is 1. The van der Waals surface area contributed by atoms with Crippen LogP contribution in [0, 0.1) is 0 Å². The second-order valence-electron chi connectivity index (χ2n) is 6.49. The Kier molecular flexibility index (Phi) is 3.91. The number of halogens is 1. The average Bonchev–Trinajstić information content (AvgIpc) is 3.12. The third kappa shape index (κ3) is 2.75. The van der Waals surface area contributed by atoms with E-state index in [1.807, 2.05) is 41.0 Å². The number of pyridine rings is 1. The van der Waals surface area contributed by atoms with Crippen molar-refractivity contribution in [3.05, 3.63) is 78.0 Å². The van der Waals surface area contributed by atoms with Gasteiger partial charge in [0.2, 0.25) is 0 Å². The predicted octanol–water partition coefficient (Wildman–Crippen LogP) is 4.33. The first-order chi connectivity index (χ1) is 13.7. The fraction of sp³-hybridized carbons (Fsp3) is 0.0476. The third-order valence-electron chi connectivity index (χ3n) is 4.76. The number of imidazole rings is 1. The zero-order chi connectivity index (χ0) is 19.1. The van der Waals surface area contributed by atoms with Gasteiger partial charge in [-0.3, -0.25) is 4.98 Å². The van der Waals surface area contributed by atoms with Crippen molar-refractivity contribution in [1.82, 2.24) is 24.5 Å². The summed E-state index contributed by atoms with van der Waals surface area (Å²) in [5, 5.41) is 1.76. The van der Waals surface area contributed by atoms with Crippen LogP contribution >= 0.6 is 11.6 Å². The Hall–Kier alpha value is -3.51. The number of fused-ring (bicyclic) bond motifs is 2. The van der Waals surface area contributed by atoms with E-state index in [4.69, 9.17) is 17.3 Å². The van der Waals surface area contributed by atoms with Gasteiger partial charge in [-0.25, -0.2) is 15.0 Å². The van der Waals surface area contributed by atoms with Gasteiger partial charge in [0.1, 0.15) is 11.8 Å². The summed E-state index contributed by atoms with van der Waals surface area (Å²) >= 11 is 6.51. The first-order valence-electron chi connectivity index (χ1n) is 8.74. The number of nitrogens with zero attached hydrogens (tertiary/aromatic N) is 5. The summed E-state index contributed by atoms with van der Waals surface area (Å²) in [6.07, 6.45) is 4.98. The summed E-state index contributed by atoms with van der Waals surface area (Å²) in [6, 6.07) is 16.0. The van der Waals surface area contributed by atoms with Crippen LogP contribution in [0.1, 0.15) is 5.56 Å². The molecule has 2 N–H and O–H groups in total. The van der Waals surface area contributed by atoms with E-state index in [0.717, 1.165) is 27.6 Å². The molecule has 0 aliphatic heterocycles. The number of rotatable bonds is 3. The molecule has 0 radical (unpaired) electrons. The van der Waals surface area contributed by atoms with E-state index in [1.54, 1.807) is 12.5 Å². The molecule has 0 unspecified atom stereocenters. The van der Waals surface area contributed by atoms with Crippen LogP contribution in [0.4, 0.5) is 5.82 Å². The van der Waals surface area contributed by atoms with Crippen molar-refractivity contribution >= 4 is 39.5 Å². The van der Waals surface area contributed by atoms with Crippen LogP contribution in [0.5, 0.6) is 0 Å². The van der Waals surface area contributed by atoms with Gasteiger partial charge < -0.3 is 10.3 Å². The molecule has 7 heteroatoms. The molecule has 5 rings (SSSR count). The van der Waals surface area contributed by atoms with Gasteiger partial charge in [-0.1, -0.05) is 35.9 Å². The van der Waals surface area contributed by atoms with Gasteiger partial charge in [-0.15, -0.1) is 0 Å². The van der Waals surface area contributed by atoms with E-state index in [2.05, 4.69) is 32.1 Å². The molecule has 0 aliphatic carbocycles. The first-order valence-corrected chi connectivity index (χ1v) is 9.12. The van der Waals surface area contributed by atoms with Gasteiger partial charge in [-0.05, 0) is 35.4 Å². The van der Waals surface area contributed by atoms with Gasteiger partial charge >= 0.3 is 0 Å². The van der Waals surface area contributed by atoms with Crippen molar-refractivity contribution in [3.8, 4) is 11.1 Å². The monoisotopic (exact) mass is 386 g/mol. The van der Waals surface area contributed by atoms with Crippen molar-refractivity contribution in [1.29, 1.82) is 0 Å². The molecule has 0 atom stereocenters. The second-order valence-corrected chi connectivity index (χ2v) is 6.90. The lowest BCUT2D eigenvalue weighted by Gasteiger charge is -2.14. The highest BCUT2D eigenvalue weighted by molar-refractivity contribution is 6.33. The molecule has 3 heterocycles. The molecule has 2 aromatic carbocycles. The molecule has 0 bridgehead atoms. The van der Waals surface area contributed by atoms with Crippen LogP contribution in [0.3, 0.4) is 0 Å². The summed E-state index contributed by atoms with van der Waals surface area (Å²) in [5.74, 6) is 0.371. The molecule has 0 saturated carbocycles. The van der Waals surface area contributed by atoms with Gasteiger partial charge in [0.05, 0.1) is 18.4 Å². The number of anilines is 1. The molecule has 0 amide bonds. The number of benzene rings is 2. The van der Waals surface area contributed by atoms with Gasteiger partial charge in [0, 0.05) is 22.2 Å². The quantitative estimate of drug-likeness (QED) is 0.499. The normalized spacial score (nSPS) is 11.3. The van der Waals surface area contributed by atoms with Crippen molar-refractivity contribution in [2.45, 2.75) is 6.54 Å². The van der Waals surface area contributed by atoms with Gasteiger partial charge in [0.15, 0.2) is 11.5 Å². The van der Waals surface area contributed by atoms with Crippen LogP contribution in [-0.2, 0) is 6.54 Å². The standard InChI is InChI=1S/C21H15ClN6/c22-17-6-2-1-5-15(17)16-8-13-4-3-7-24-18(13)9-14(16)10-28-12-27-19-20(23)25-11-26-21(19)28/h1-9,11-12H,10H2,(H2,23,25,26). The zero-order valence-electron chi connectivity index (χ0n) is 14.7. The SMILES string of the molecule is Nc1ncnc2c1ncn2Cc1cc2ncccc2cc1-c1ccccc1Cl. The lowest BCUT2D eigenvalue weighted by Crippen LogP contribution is -2.03. The zero-order valence-corrected chi connectivity index (χ0v) is 15.5. The summed E-state index contributed by atoms with van der Waals surface area (Å²) < 4.78 is 1.96.